The lowest BCUT2D eigenvalue weighted by Gasteiger charge is -2.10. The van der Waals surface area contributed by atoms with Gasteiger partial charge in [-0.05, 0) is 48.5 Å². The summed E-state index contributed by atoms with van der Waals surface area (Å²) in [6.45, 7) is 0. The second-order valence-corrected chi connectivity index (χ2v) is 11.2. The summed E-state index contributed by atoms with van der Waals surface area (Å²) in [6, 6.07) is 51.2. The topological polar surface area (TPSA) is 69.6 Å². The Morgan fingerprint density at radius 3 is 1.83 bits per heavy atom. The second kappa shape index (κ2) is 10.6. The van der Waals surface area contributed by atoms with Crippen molar-refractivity contribution in [1.82, 2.24) is 24.5 Å². The van der Waals surface area contributed by atoms with Crippen LogP contribution in [0.15, 0.2) is 156 Å². The van der Waals surface area contributed by atoms with E-state index in [-0.39, 0.29) is 0 Å². The maximum absolute atomic E-state index is 6.08. The standard InChI is InChI=1S/C40H25N5O/c1-3-12-26(13-4-1)37-42-38(27-14-11-15-29(24-27)40-41-33-19-8-10-21-36(33)46-40)44-39(43-37)28-22-23-32-31-18-7-9-20-34(31)45(35(32)25-28)30-16-5-2-6-17-30/h1-25H. The lowest BCUT2D eigenvalue weighted by Crippen LogP contribution is -2.00. The Hall–Kier alpha value is -6.40. The average Bonchev–Trinajstić information content (AvgIpc) is 3.72. The van der Waals surface area contributed by atoms with Crippen molar-refractivity contribution >= 4 is 32.9 Å². The van der Waals surface area contributed by atoms with Gasteiger partial charge in [0.15, 0.2) is 23.1 Å². The van der Waals surface area contributed by atoms with E-state index < -0.39 is 0 Å². The minimum Gasteiger partial charge on any atom is -0.436 e. The van der Waals surface area contributed by atoms with Crippen LogP contribution in [0.5, 0.6) is 0 Å². The third kappa shape index (κ3) is 4.43. The van der Waals surface area contributed by atoms with Crippen LogP contribution in [-0.4, -0.2) is 24.5 Å². The summed E-state index contributed by atoms with van der Waals surface area (Å²) in [7, 11) is 0. The molecule has 0 fully saturated rings. The number of nitrogens with zero attached hydrogens (tertiary/aromatic N) is 5. The van der Waals surface area contributed by atoms with Gasteiger partial charge in [0.05, 0.1) is 11.0 Å². The summed E-state index contributed by atoms with van der Waals surface area (Å²) < 4.78 is 8.38. The molecule has 0 N–H and O–H groups in total. The lowest BCUT2D eigenvalue weighted by molar-refractivity contribution is 0.620. The predicted octanol–water partition coefficient (Wildman–Crippen LogP) is 9.78. The molecule has 0 radical (unpaired) electrons. The zero-order chi connectivity index (χ0) is 30.5. The minimum absolute atomic E-state index is 0.555. The summed E-state index contributed by atoms with van der Waals surface area (Å²) in [5.74, 6) is 2.34. The van der Waals surface area contributed by atoms with Gasteiger partial charge in [-0.1, -0.05) is 103 Å². The molecule has 0 aliphatic rings. The van der Waals surface area contributed by atoms with E-state index >= 15 is 0 Å². The molecule has 9 aromatic rings. The molecule has 0 amide bonds. The molecule has 9 rings (SSSR count). The first-order valence-electron chi connectivity index (χ1n) is 15.2. The van der Waals surface area contributed by atoms with Crippen LogP contribution in [0.1, 0.15) is 0 Å². The van der Waals surface area contributed by atoms with Crippen LogP contribution in [0.25, 0.3) is 84.2 Å². The van der Waals surface area contributed by atoms with E-state index in [0.29, 0.717) is 23.4 Å². The van der Waals surface area contributed by atoms with Gasteiger partial charge in [0.1, 0.15) is 5.52 Å². The summed E-state index contributed by atoms with van der Waals surface area (Å²) in [5.41, 5.74) is 8.43. The Morgan fingerprint density at radius 1 is 0.413 bits per heavy atom. The van der Waals surface area contributed by atoms with E-state index in [0.717, 1.165) is 50.1 Å². The molecule has 3 aromatic heterocycles. The molecule has 0 atom stereocenters. The Bertz CT molecular complexity index is 2500. The molecule has 6 aromatic carbocycles. The fourth-order valence-electron chi connectivity index (χ4n) is 6.10. The van der Waals surface area contributed by atoms with Crippen LogP contribution >= 0.6 is 0 Å². The van der Waals surface area contributed by atoms with Crippen LogP contribution in [0.4, 0.5) is 0 Å². The predicted molar refractivity (Wildman–Crippen MR) is 183 cm³/mol. The zero-order valence-corrected chi connectivity index (χ0v) is 24.6. The van der Waals surface area contributed by atoms with Gasteiger partial charge in [0.25, 0.3) is 0 Å². The van der Waals surface area contributed by atoms with Crippen molar-refractivity contribution in [2.45, 2.75) is 0 Å². The van der Waals surface area contributed by atoms with Crippen LogP contribution < -0.4 is 0 Å². The second-order valence-electron chi connectivity index (χ2n) is 11.2. The van der Waals surface area contributed by atoms with Gasteiger partial charge in [0.2, 0.25) is 5.89 Å². The maximum Gasteiger partial charge on any atom is 0.227 e. The van der Waals surface area contributed by atoms with Gasteiger partial charge in [-0.15, -0.1) is 0 Å². The van der Waals surface area contributed by atoms with E-state index in [4.69, 9.17) is 24.4 Å². The van der Waals surface area contributed by atoms with E-state index in [1.54, 1.807) is 0 Å². The van der Waals surface area contributed by atoms with Gasteiger partial charge >= 0.3 is 0 Å². The molecule has 6 heteroatoms. The Labute approximate surface area is 264 Å². The van der Waals surface area contributed by atoms with Crippen LogP contribution in [0.2, 0.25) is 0 Å². The quantitative estimate of drug-likeness (QED) is 0.199. The molecule has 46 heavy (non-hydrogen) atoms. The van der Waals surface area contributed by atoms with Crippen molar-refractivity contribution in [2.24, 2.45) is 0 Å². The normalized spacial score (nSPS) is 11.5. The highest BCUT2D eigenvalue weighted by atomic mass is 16.3. The van der Waals surface area contributed by atoms with Gasteiger partial charge in [-0.3, -0.25) is 0 Å². The number of hydrogen-bond donors (Lipinski definition) is 0. The van der Waals surface area contributed by atoms with Crippen LogP contribution in [0, 0.1) is 0 Å². The first-order valence-corrected chi connectivity index (χ1v) is 15.2. The molecule has 0 saturated heterocycles. The number of rotatable bonds is 5. The fourth-order valence-corrected chi connectivity index (χ4v) is 6.10. The van der Waals surface area contributed by atoms with Gasteiger partial charge in [-0.2, -0.15) is 0 Å². The average molecular weight is 592 g/mol. The summed E-state index contributed by atoms with van der Waals surface area (Å²) in [4.78, 5) is 19.7. The third-order valence-electron chi connectivity index (χ3n) is 8.28. The summed E-state index contributed by atoms with van der Waals surface area (Å²) in [5, 5.41) is 2.37. The maximum atomic E-state index is 6.08. The molecule has 6 nitrogen and oxygen atoms in total. The molecular formula is C40H25N5O. The molecule has 216 valence electrons. The number of hydrogen-bond acceptors (Lipinski definition) is 5. The first-order chi connectivity index (χ1) is 22.8. The lowest BCUT2D eigenvalue weighted by atomic mass is 10.1. The molecule has 0 aliphatic carbocycles. The highest BCUT2D eigenvalue weighted by Crippen LogP contribution is 2.35. The van der Waals surface area contributed by atoms with Crippen molar-refractivity contribution in [3.63, 3.8) is 0 Å². The number of benzene rings is 6. The van der Waals surface area contributed by atoms with E-state index in [9.17, 15) is 0 Å². The van der Waals surface area contributed by atoms with Crippen molar-refractivity contribution in [2.75, 3.05) is 0 Å². The third-order valence-corrected chi connectivity index (χ3v) is 8.28. The van der Waals surface area contributed by atoms with Crippen molar-refractivity contribution in [3.8, 4) is 51.3 Å². The minimum atomic E-state index is 0.555. The summed E-state index contributed by atoms with van der Waals surface area (Å²) in [6.07, 6.45) is 0. The molecule has 0 aliphatic heterocycles. The molecule has 0 bridgehead atoms. The Balaban J connectivity index is 1.23. The molecule has 0 spiro atoms. The van der Waals surface area contributed by atoms with Crippen LogP contribution in [-0.2, 0) is 0 Å². The van der Waals surface area contributed by atoms with E-state index in [1.165, 1.54) is 10.8 Å². The zero-order valence-electron chi connectivity index (χ0n) is 24.6. The number of aromatic nitrogens is 5. The molecule has 0 unspecified atom stereocenters. The number of oxazole rings is 1. The van der Waals surface area contributed by atoms with Crippen molar-refractivity contribution in [1.29, 1.82) is 0 Å². The molecular weight excluding hydrogens is 566 g/mol. The van der Waals surface area contributed by atoms with Crippen LogP contribution in [0.3, 0.4) is 0 Å². The van der Waals surface area contributed by atoms with Gasteiger partial charge < -0.3 is 8.98 Å². The van der Waals surface area contributed by atoms with Gasteiger partial charge in [0, 0.05) is 38.7 Å². The van der Waals surface area contributed by atoms with E-state index in [2.05, 4.69) is 71.3 Å². The van der Waals surface area contributed by atoms with Crippen molar-refractivity contribution < 1.29 is 4.42 Å². The first kappa shape index (κ1) is 26.0. The SMILES string of the molecule is c1ccc(-c2nc(-c3cccc(-c4nc5ccccc5o4)c3)nc(-c3ccc4c5ccccc5n(-c5ccccc5)c4c3)n2)cc1. The fraction of sp³-hybridized carbons (Fsp3) is 0. The largest absolute Gasteiger partial charge is 0.436 e. The molecule has 0 saturated carbocycles. The van der Waals surface area contributed by atoms with E-state index in [1.807, 2.05) is 84.9 Å². The molecule has 3 heterocycles. The highest BCUT2D eigenvalue weighted by Gasteiger charge is 2.17. The highest BCUT2D eigenvalue weighted by molar-refractivity contribution is 6.10. The Morgan fingerprint density at radius 2 is 1.02 bits per heavy atom. The monoisotopic (exact) mass is 591 g/mol. The van der Waals surface area contributed by atoms with Gasteiger partial charge in [-0.25, -0.2) is 19.9 Å². The van der Waals surface area contributed by atoms with Crippen molar-refractivity contribution in [3.05, 3.63) is 152 Å². The smallest absolute Gasteiger partial charge is 0.227 e. The Kier molecular flexibility index (Phi) is 6.03. The number of fused-ring (bicyclic) bond motifs is 4. The summed E-state index contributed by atoms with van der Waals surface area (Å²) >= 11 is 0. The number of para-hydroxylation sites is 4.